The van der Waals surface area contributed by atoms with Crippen molar-refractivity contribution < 1.29 is 0 Å². The summed E-state index contributed by atoms with van der Waals surface area (Å²) < 4.78 is 0. The second kappa shape index (κ2) is 7.53. The monoisotopic (exact) mass is 294 g/mol. The van der Waals surface area contributed by atoms with Gasteiger partial charge in [-0.3, -0.25) is 0 Å². The summed E-state index contributed by atoms with van der Waals surface area (Å²) in [5.74, 6) is 1.35. The first kappa shape index (κ1) is 16.8. The van der Waals surface area contributed by atoms with E-state index >= 15 is 0 Å². The third-order valence-electron chi connectivity index (χ3n) is 3.30. The van der Waals surface area contributed by atoms with Crippen LogP contribution in [-0.4, -0.2) is 21.2 Å². The molecular weight excluding hydrogens is 268 g/mol. The van der Waals surface area contributed by atoms with Crippen molar-refractivity contribution in [2.75, 3.05) is 5.32 Å². The second-order valence-corrected chi connectivity index (χ2v) is 6.03. The number of thiocarbonyl (C=S) groups is 1. The van der Waals surface area contributed by atoms with Gasteiger partial charge in [0.2, 0.25) is 0 Å². The van der Waals surface area contributed by atoms with E-state index in [-0.39, 0.29) is 0 Å². The highest BCUT2D eigenvalue weighted by Crippen LogP contribution is 2.22. The lowest BCUT2D eigenvalue weighted by Gasteiger charge is -2.20. The summed E-state index contributed by atoms with van der Waals surface area (Å²) in [6.07, 6.45) is 2.77. The molecule has 3 N–H and O–H groups in total. The zero-order valence-electron chi connectivity index (χ0n) is 13.2. The highest BCUT2D eigenvalue weighted by molar-refractivity contribution is 7.80. The molecule has 0 amide bonds. The van der Waals surface area contributed by atoms with Crippen molar-refractivity contribution in [1.29, 1.82) is 0 Å². The predicted octanol–water partition coefficient (Wildman–Crippen LogP) is 3.08. The summed E-state index contributed by atoms with van der Waals surface area (Å²) in [6.45, 7) is 10.7. The molecule has 0 bridgehead atoms. The van der Waals surface area contributed by atoms with Gasteiger partial charge in [-0.15, -0.1) is 5.10 Å². The van der Waals surface area contributed by atoms with E-state index in [1.807, 2.05) is 0 Å². The molecule has 1 heterocycles. The molecule has 0 aliphatic heterocycles. The summed E-state index contributed by atoms with van der Waals surface area (Å²) in [4.78, 5) is 0.394. The van der Waals surface area contributed by atoms with Gasteiger partial charge in [0.15, 0.2) is 5.82 Å². The number of nitrogens with zero attached hydrogens (tertiary/aromatic N) is 2. The summed E-state index contributed by atoms with van der Waals surface area (Å²) in [6, 6.07) is 0.314. The van der Waals surface area contributed by atoms with E-state index in [1.54, 1.807) is 0 Å². The first-order valence-corrected chi connectivity index (χ1v) is 7.76. The van der Waals surface area contributed by atoms with Gasteiger partial charge in [0.1, 0.15) is 4.99 Å². The Kier molecular flexibility index (Phi) is 6.33. The Morgan fingerprint density at radius 3 is 2.30 bits per heavy atom. The number of aromatic nitrogens is 2. The molecule has 4 nitrogen and oxygen atoms in total. The summed E-state index contributed by atoms with van der Waals surface area (Å²) in [5.41, 5.74) is 8.88. The lowest BCUT2D eigenvalue weighted by Crippen LogP contribution is -2.24. The molecule has 0 aliphatic rings. The Hall–Kier alpha value is -1.23. The fourth-order valence-electron chi connectivity index (χ4n) is 2.54. The Morgan fingerprint density at radius 2 is 1.85 bits per heavy atom. The van der Waals surface area contributed by atoms with Gasteiger partial charge < -0.3 is 11.1 Å². The number of anilines is 1. The zero-order chi connectivity index (χ0) is 15.3. The minimum Gasteiger partial charge on any atom is -0.389 e. The molecule has 0 aromatic carbocycles. The number of aryl methyl sites for hydroxylation is 1. The molecule has 20 heavy (non-hydrogen) atoms. The lowest BCUT2D eigenvalue weighted by molar-refractivity contribution is 0.538. The molecule has 0 saturated heterocycles. The number of hydrogen-bond donors (Lipinski definition) is 2. The Labute approximate surface area is 127 Å². The van der Waals surface area contributed by atoms with Gasteiger partial charge in [-0.05, 0) is 37.7 Å². The molecule has 1 atom stereocenters. The average Bonchev–Trinajstić information content (AvgIpc) is 2.36. The van der Waals surface area contributed by atoms with Crippen LogP contribution >= 0.6 is 12.2 Å². The van der Waals surface area contributed by atoms with E-state index in [1.165, 1.54) is 0 Å². The van der Waals surface area contributed by atoms with Crippen molar-refractivity contribution in [3.05, 3.63) is 16.8 Å². The van der Waals surface area contributed by atoms with E-state index in [2.05, 4.69) is 50.1 Å². The second-order valence-electron chi connectivity index (χ2n) is 5.60. The molecule has 1 unspecified atom stereocenters. The SMILES string of the molecule is CCc1nnc(NC(C)CC(C)C)c(C(N)=S)c1CC. The first-order chi connectivity index (χ1) is 9.40. The van der Waals surface area contributed by atoms with Crippen LogP contribution in [0.15, 0.2) is 0 Å². The summed E-state index contributed by atoms with van der Waals surface area (Å²) in [5, 5.41) is 12.0. The molecule has 1 aromatic rings. The summed E-state index contributed by atoms with van der Waals surface area (Å²) >= 11 is 5.22. The third kappa shape index (κ3) is 4.13. The Bertz CT molecular complexity index is 471. The molecule has 5 heteroatoms. The Balaban J connectivity index is 3.16. The molecule has 0 fully saturated rings. The van der Waals surface area contributed by atoms with Crippen LogP contribution < -0.4 is 11.1 Å². The van der Waals surface area contributed by atoms with Gasteiger partial charge >= 0.3 is 0 Å². The smallest absolute Gasteiger partial charge is 0.159 e. The molecular formula is C15H26N4S. The van der Waals surface area contributed by atoms with Crippen molar-refractivity contribution in [2.24, 2.45) is 11.7 Å². The number of nitrogens with two attached hydrogens (primary N) is 1. The van der Waals surface area contributed by atoms with E-state index in [9.17, 15) is 0 Å². The van der Waals surface area contributed by atoms with E-state index < -0.39 is 0 Å². The van der Waals surface area contributed by atoms with Crippen LogP contribution in [0.2, 0.25) is 0 Å². The molecule has 0 radical (unpaired) electrons. The quantitative estimate of drug-likeness (QED) is 0.757. The highest BCUT2D eigenvalue weighted by atomic mass is 32.1. The van der Waals surface area contributed by atoms with Gasteiger partial charge in [-0.1, -0.05) is 39.9 Å². The van der Waals surface area contributed by atoms with Gasteiger partial charge in [0, 0.05) is 6.04 Å². The van der Waals surface area contributed by atoms with Crippen molar-refractivity contribution in [3.63, 3.8) is 0 Å². The average molecular weight is 294 g/mol. The standard InChI is InChI=1S/C15H26N4S/c1-6-11-12(7-2)18-19-15(13(11)14(16)20)17-10(5)8-9(3)4/h9-10H,6-8H2,1-5H3,(H2,16,20)(H,17,19). The molecule has 0 aliphatic carbocycles. The highest BCUT2D eigenvalue weighted by Gasteiger charge is 2.18. The van der Waals surface area contributed by atoms with Crippen LogP contribution in [0.1, 0.15) is 57.9 Å². The normalized spacial score (nSPS) is 12.5. The Morgan fingerprint density at radius 1 is 1.20 bits per heavy atom. The van der Waals surface area contributed by atoms with Gasteiger partial charge in [0.05, 0.1) is 11.3 Å². The lowest BCUT2D eigenvalue weighted by atomic mass is 10.0. The maximum Gasteiger partial charge on any atom is 0.159 e. The largest absolute Gasteiger partial charge is 0.389 e. The van der Waals surface area contributed by atoms with Crippen molar-refractivity contribution >= 4 is 23.0 Å². The molecule has 0 saturated carbocycles. The maximum absolute atomic E-state index is 5.92. The van der Waals surface area contributed by atoms with Crippen LogP contribution in [0.25, 0.3) is 0 Å². The molecule has 0 spiro atoms. The fraction of sp³-hybridized carbons (Fsp3) is 0.667. The van der Waals surface area contributed by atoms with Crippen LogP contribution in [-0.2, 0) is 12.8 Å². The summed E-state index contributed by atoms with van der Waals surface area (Å²) in [7, 11) is 0. The van der Waals surface area contributed by atoms with Crippen molar-refractivity contribution in [3.8, 4) is 0 Å². The maximum atomic E-state index is 5.92. The first-order valence-electron chi connectivity index (χ1n) is 7.35. The molecule has 1 rings (SSSR count). The van der Waals surface area contributed by atoms with E-state index in [4.69, 9.17) is 18.0 Å². The number of rotatable bonds is 7. The van der Waals surface area contributed by atoms with E-state index in [0.717, 1.165) is 41.9 Å². The van der Waals surface area contributed by atoms with Gasteiger partial charge in [-0.25, -0.2) is 0 Å². The van der Waals surface area contributed by atoms with Crippen LogP contribution in [0.3, 0.4) is 0 Å². The minimum absolute atomic E-state index is 0.314. The van der Waals surface area contributed by atoms with Crippen LogP contribution in [0.4, 0.5) is 5.82 Å². The van der Waals surface area contributed by atoms with Crippen molar-refractivity contribution in [2.45, 2.75) is 59.9 Å². The third-order valence-corrected chi connectivity index (χ3v) is 3.50. The number of hydrogen-bond acceptors (Lipinski definition) is 4. The molecule has 1 aromatic heterocycles. The number of nitrogens with one attached hydrogen (secondary N) is 1. The minimum atomic E-state index is 0.314. The van der Waals surface area contributed by atoms with E-state index in [0.29, 0.717) is 16.9 Å². The molecule has 112 valence electrons. The van der Waals surface area contributed by atoms with Crippen LogP contribution in [0, 0.1) is 5.92 Å². The zero-order valence-corrected chi connectivity index (χ0v) is 14.0. The van der Waals surface area contributed by atoms with Crippen molar-refractivity contribution in [1.82, 2.24) is 10.2 Å². The van der Waals surface area contributed by atoms with Crippen LogP contribution in [0.5, 0.6) is 0 Å². The van der Waals surface area contributed by atoms with Gasteiger partial charge in [-0.2, -0.15) is 5.10 Å². The van der Waals surface area contributed by atoms with Gasteiger partial charge in [0.25, 0.3) is 0 Å². The fourth-order valence-corrected chi connectivity index (χ4v) is 2.76. The predicted molar refractivity (Wildman–Crippen MR) is 89.2 cm³/mol. The topological polar surface area (TPSA) is 63.8 Å².